The molecule has 1 N–H and O–H groups in total. The maximum atomic E-state index is 12.4. The van der Waals surface area contributed by atoms with E-state index < -0.39 is 0 Å². The van der Waals surface area contributed by atoms with Crippen LogP contribution in [-0.2, 0) is 11.3 Å². The maximum absolute atomic E-state index is 12.4. The van der Waals surface area contributed by atoms with Gasteiger partial charge in [0.1, 0.15) is 0 Å². The number of hydrogen-bond donors (Lipinski definition) is 1. The Morgan fingerprint density at radius 3 is 2.96 bits per heavy atom. The molecule has 7 heteroatoms. The van der Waals surface area contributed by atoms with Crippen molar-refractivity contribution in [3.05, 3.63) is 35.7 Å². The van der Waals surface area contributed by atoms with Gasteiger partial charge in [-0.1, -0.05) is 29.4 Å². The van der Waals surface area contributed by atoms with Crippen molar-refractivity contribution in [2.24, 2.45) is 5.92 Å². The van der Waals surface area contributed by atoms with Crippen molar-refractivity contribution >= 4 is 5.91 Å². The van der Waals surface area contributed by atoms with Gasteiger partial charge in [0.05, 0.1) is 12.5 Å². The molecule has 1 aliphatic rings. The van der Waals surface area contributed by atoms with Crippen LogP contribution in [-0.4, -0.2) is 66.1 Å². The molecule has 1 atom stereocenters. The van der Waals surface area contributed by atoms with Crippen LogP contribution in [0, 0.1) is 12.8 Å². The number of aromatic nitrogens is 2. The van der Waals surface area contributed by atoms with Crippen LogP contribution in [0.2, 0.25) is 0 Å². The molecule has 1 aromatic heterocycles. The van der Waals surface area contributed by atoms with Gasteiger partial charge in [0.2, 0.25) is 17.6 Å². The van der Waals surface area contributed by atoms with Crippen LogP contribution in [0.5, 0.6) is 0 Å². The Morgan fingerprint density at radius 1 is 1.37 bits per heavy atom. The van der Waals surface area contributed by atoms with Crippen LogP contribution in [0.3, 0.4) is 0 Å². The lowest BCUT2D eigenvalue weighted by atomic mass is 9.97. The number of hydrogen-bond acceptors (Lipinski definition) is 6. The Morgan fingerprint density at radius 2 is 2.19 bits per heavy atom. The first-order valence-corrected chi connectivity index (χ1v) is 9.56. The fraction of sp³-hybridized carbons (Fsp3) is 0.550. The quantitative estimate of drug-likeness (QED) is 0.802. The highest BCUT2D eigenvalue weighted by atomic mass is 16.5. The highest BCUT2D eigenvalue weighted by molar-refractivity contribution is 5.78. The van der Waals surface area contributed by atoms with Gasteiger partial charge in [-0.3, -0.25) is 9.69 Å². The molecule has 0 saturated carbocycles. The summed E-state index contributed by atoms with van der Waals surface area (Å²) in [5.41, 5.74) is 2.11. The predicted octanol–water partition coefficient (Wildman–Crippen LogP) is 1.93. The van der Waals surface area contributed by atoms with Gasteiger partial charge in [0.25, 0.3) is 0 Å². The Hall–Kier alpha value is -2.25. The molecule has 1 saturated heterocycles. The summed E-state index contributed by atoms with van der Waals surface area (Å²) in [4.78, 5) is 21.2. The molecule has 1 aromatic carbocycles. The van der Waals surface area contributed by atoms with Gasteiger partial charge in [-0.25, -0.2) is 0 Å². The first-order chi connectivity index (χ1) is 13.0. The van der Waals surface area contributed by atoms with E-state index >= 15 is 0 Å². The van der Waals surface area contributed by atoms with Crippen molar-refractivity contribution in [1.82, 2.24) is 25.3 Å². The molecule has 0 spiro atoms. The van der Waals surface area contributed by atoms with E-state index in [1.54, 1.807) is 0 Å². The zero-order chi connectivity index (χ0) is 19.2. The van der Waals surface area contributed by atoms with Crippen LogP contribution in [0.1, 0.15) is 24.3 Å². The van der Waals surface area contributed by atoms with Crippen molar-refractivity contribution in [3.63, 3.8) is 0 Å². The second-order valence-corrected chi connectivity index (χ2v) is 7.50. The molecule has 0 aliphatic carbocycles. The van der Waals surface area contributed by atoms with Crippen LogP contribution >= 0.6 is 0 Å². The van der Waals surface area contributed by atoms with Crippen molar-refractivity contribution < 1.29 is 9.32 Å². The molecule has 2 aromatic rings. The summed E-state index contributed by atoms with van der Waals surface area (Å²) >= 11 is 0. The number of piperidine rings is 1. The first kappa shape index (κ1) is 19.5. The average Bonchev–Trinajstić information content (AvgIpc) is 3.10. The van der Waals surface area contributed by atoms with Crippen molar-refractivity contribution in [2.45, 2.75) is 26.3 Å². The van der Waals surface area contributed by atoms with Crippen molar-refractivity contribution in [3.8, 4) is 11.4 Å². The smallest absolute Gasteiger partial charge is 0.241 e. The summed E-state index contributed by atoms with van der Waals surface area (Å²) < 4.78 is 5.45. The number of likely N-dealkylation sites (N-methyl/N-ethyl adjacent to an activating group) is 1. The Labute approximate surface area is 160 Å². The summed E-state index contributed by atoms with van der Waals surface area (Å²) in [5.74, 6) is 1.40. The standard InChI is InChI=1S/C20H29N5O2/c1-15-7-4-5-9-17(15)19-22-18(27-23-19)14-25-11-6-8-16(13-25)20(26)21-10-12-24(2)3/h4-5,7,9,16H,6,8,10-14H2,1-3H3,(H,21,26). The van der Waals surface area contributed by atoms with E-state index in [1.165, 1.54) is 0 Å². The molecule has 2 heterocycles. The minimum absolute atomic E-state index is 0.0275. The number of nitrogens with one attached hydrogen (secondary N) is 1. The Kier molecular flexibility index (Phi) is 6.58. The minimum Gasteiger partial charge on any atom is -0.355 e. The summed E-state index contributed by atoms with van der Waals surface area (Å²) in [6.07, 6.45) is 1.94. The third-order valence-corrected chi connectivity index (χ3v) is 4.95. The number of aryl methyl sites for hydroxylation is 1. The predicted molar refractivity (Wildman–Crippen MR) is 104 cm³/mol. The number of carbonyl (C=O) groups is 1. The SMILES string of the molecule is Cc1ccccc1-c1noc(CN2CCCC(C(=O)NCCN(C)C)C2)n1. The summed E-state index contributed by atoms with van der Waals surface area (Å²) in [6.45, 7) is 5.84. The van der Waals surface area contributed by atoms with Gasteiger partial charge in [0, 0.05) is 25.2 Å². The molecule has 0 radical (unpaired) electrons. The molecule has 0 bridgehead atoms. The Balaban J connectivity index is 1.55. The zero-order valence-electron chi connectivity index (χ0n) is 16.4. The number of benzene rings is 1. The summed E-state index contributed by atoms with van der Waals surface area (Å²) in [7, 11) is 4.01. The second-order valence-electron chi connectivity index (χ2n) is 7.50. The van der Waals surface area contributed by atoms with Gasteiger partial charge in [-0.15, -0.1) is 0 Å². The first-order valence-electron chi connectivity index (χ1n) is 9.56. The normalized spacial score (nSPS) is 18.0. The van der Waals surface area contributed by atoms with E-state index in [-0.39, 0.29) is 11.8 Å². The minimum atomic E-state index is 0.0275. The number of nitrogens with zero attached hydrogens (tertiary/aromatic N) is 4. The fourth-order valence-corrected chi connectivity index (χ4v) is 3.40. The molecule has 7 nitrogen and oxygen atoms in total. The monoisotopic (exact) mass is 371 g/mol. The van der Waals surface area contributed by atoms with Gasteiger partial charge in [-0.05, 0) is 46.0 Å². The molecule has 27 heavy (non-hydrogen) atoms. The molecule has 3 rings (SSSR count). The lowest BCUT2D eigenvalue weighted by Gasteiger charge is -2.31. The lowest BCUT2D eigenvalue weighted by molar-refractivity contribution is -0.126. The van der Waals surface area contributed by atoms with E-state index in [9.17, 15) is 4.79 Å². The van der Waals surface area contributed by atoms with Crippen LogP contribution in [0.4, 0.5) is 0 Å². The third-order valence-electron chi connectivity index (χ3n) is 4.95. The average molecular weight is 371 g/mol. The molecule has 1 amide bonds. The highest BCUT2D eigenvalue weighted by Gasteiger charge is 2.26. The van der Waals surface area contributed by atoms with Crippen LogP contribution in [0.25, 0.3) is 11.4 Å². The van der Waals surface area contributed by atoms with Crippen molar-refractivity contribution in [1.29, 1.82) is 0 Å². The number of carbonyl (C=O) groups excluding carboxylic acids is 1. The Bertz CT molecular complexity index is 758. The lowest BCUT2D eigenvalue weighted by Crippen LogP contribution is -2.44. The van der Waals surface area contributed by atoms with Gasteiger partial charge in [-0.2, -0.15) is 4.98 Å². The molecule has 146 valence electrons. The van der Waals surface area contributed by atoms with E-state index in [0.717, 1.165) is 43.6 Å². The van der Waals surface area contributed by atoms with Gasteiger partial charge >= 0.3 is 0 Å². The summed E-state index contributed by atoms with van der Waals surface area (Å²) in [6, 6.07) is 8.01. The highest BCUT2D eigenvalue weighted by Crippen LogP contribution is 2.22. The van der Waals surface area contributed by atoms with Crippen LogP contribution in [0.15, 0.2) is 28.8 Å². The van der Waals surface area contributed by atoms with Gasteiger partial charge in [0.15, 0.2) is 0 Å². The number of amides is 1. The van der Waals surface area contributed by atoms with E-state index in [4.69, 9.17) is 4.52 Å². The molecular formula is C20H29N5O2. The maximum Gasteiger partial charge on any atom is 0.241 e. The number of likely N-dealkylation sites (tertiary alicyclic amines) is 1. The van der Waals surface area contributed by atoms with Crippen molar-refractivity contribution in [2.75, 3.05) is 40.3 Å². The largest absolute Gasteiger partial charge is 0.355 e. The molecule has 1 aliphatic heterocycles. The third kappa shape index (κ3) is 5.37. The van der Waals surface area contributed by atoms with Gasteiger partial charge < -0.3 is 14.7 Å². The molecule has 1 unspecified atom stereocenters. The van der Waals surface area contributed by atoms with Crippen LogP contribution < -0.4 is 5.32 Å². The summed E-state index contributed by atoms with van der Waals surface area (Å²) in [5, 5.41) is 7.17. The van der Waals surface area contributed by atoms with E-state index in [2.05, 4.69) is 25.3 Å². The molecular weight excluding hydrogens is 342 g/mol. The zero-order valence-corrected chi connectivity index (χ0v) is 16.4. The second kappa shape index (κ2) is 9.10. The van der Waals surface area contributed by atoms with E-state index in [0.29, 0.717) is 24.8 Å². The molecule has 1 fully saturated rings. The number of rotatable bonds is 7. The topological polar surface area (TPSA) is 74.5 Å². The van der Waals surface area contributed by atoms with E-state index in [1.807, 2.05) is 45.3 Å². The fourth-order valence-electron chi connectivity index (χ4n) is 3.40.